The molecule has 1 aliphatic heterocycles. The van der Waals surface area contributed by atoms with Gasteiger partial charge in [0, 0.05) is 29.9 Å². The minimum absolute atomic E-state index is 0.0208. The summed E-state index contributed by atoms with van der Waals surface area (Å²) in [5.74, 6) is 1.64. The second kappa shape index (κ2) is 7.64. The van der Waals surface area contributed by atoms with Gasteiger partial charge in [-0.1, -0.05) is 36.4 Å². The zero-order chi connectivity index (χ0) is 21.6. The molecular weight excluding hydrogens is 390 g/mol. The smallest absolute Gasteiger partial charge is 0.165 e. The number of piperidine rings is 1. The van der Waals surface area contributed by atoms with Gasteiger partial charge in [0.05, 0.1) is 12.2 Å². The van der Waals surface area contributed by atoms with Crippen molar-refractivity contribution < 1.29 is 19.4 Å². The average Bonchev–Trinajstić information content (AvgIpc) is 2.77. The Hall–Kier alpha value is -2.37. The van der Waals surface area contributed by atoms with Crippen molar-refractivity contribution in [1.82, 2.24) is 4.90 Å². The number of hydrogen-bond acceptors (Lipinski definition) is 5. The average molecular weight is 422 g/mol. The largest absolute Gasteiger partial charge is 0.490 e. The van der Waals surface area contributed by atoms with E-state index >= 15 is 0 Å². The standard InChI is InChI=1S/C26H31NO4/c1-3-30-24-21(31-17-18-7-5-4-6-8-18)10-9-19-15-22-26(29)12-11-20(28)16-25(26,23(19)24)13-14-27(22)2/h4-10,22,29H,3,11-17H2,1-2H3/t22-,25-,26-/m1/s1. The number of aliphatic hydroxyl groups is 1. The Morgan fingerprint density at radius 3 is 2.71 bits per heavy atom. The van der Waals surface area contributed by atoms with Gasteiger partial charge in [0.2, 0.25) is 0 Å². The first-order valence-electron chi connectivity index (χ1n) is 11.4. The Balaban J connectivity index is 1.63. The number of Topliss-reactive ketones (excluding diaryl/α,β-unsaturated/α-hetero) is 1. The molecule has 3 atom stereocenters. The lowest BCUT2D eigenvalue weighted by Gasteiger charge is -2.63. The second-order valence-corrected chi connectivity index (χ2v) is 9.31. The maximum Gasteiger partial charge on any atom is 0.165 e. The number of benzene rings is 2. The molecule has 0 radical (unpaired) electrons. The van der Waals surface area contributed by atoms with E-state index in [1.807, 2.05) is 43.3 Å². The summed E-state index contributed by atoms with van der Waals surface area (Å²) in [6, 6.07) is 14.2. The molecule has 0 unspecified atom stereocenters. The van der Waals surface area contributed by atoms with Crippen LogP contribution in [-0.4, -0.2) is 47.6 Å². The summed E-state index contributed by atoms with van der Waals surface area (Å²) in [5, 5.41) is 12.1. The molecule has 31 heavy (non-hydrogen) atoms. The molecule has 2 fully saturated rings. The molecule has 1 heterocycles. The molecular formula is C26H31NO4. The van der Waals surface area contributed by atoms with Gasteiger partial charge in [-0.3, -0.25) is 4.79 Å². The summed E-state index contributed by atoms with van der Waals surface area (Å²) in [4.78, 5) is 15.0. The van der Waals surface area contributed by atoms with E-state index in [1.165, 1.54) is 5.56 Å². The maximum absolute atomic E-state index is 12.7. The molecule has 2 bridgehead atoms. The first-order chi connectivity index (χ1) is 15.0. The predicted octanol–water partition coefficient (Wildman–Crippen LogP) is 3.65. The highest BCUT2D eigenvalue weighted by atomic mass is 16.5. The van der Waals surface area contributed by atoms with Crippen LogP contribution in [-0.2, 0) is 23.2 Å². The van der Waals surface area contributed by atoms with Crippen LogP contribution in [0.2, 0.25) is 0 Å². The number of fused-ring (bicyclic) bond motifs is 1. The molecule has 5 heteroatoms. The maximum atomic E-state index is 12.7. The van der Waals surface area contributed by atoms with Crippen LogP contribution in [0.1, 0.15) is 49.3 Å². The van der Waals surface area contributed by atoms with Crippen molar-refractivity contribution in [2.75, 3.05) is 20.2 Å². The van der Waals surface area contributed by atoms with E-state index in [0.29, 0.717) is 44.0 Å². The Morgan fingerprint density at radius 1 is 1.13 bits per heavy atom. The van der Waals surface area contributed by atoms with Gasteiger partial charge in [-0.25, -0.2) is 0 Å². The van der Waals surface area contributed by atoms with Crippen molar-refractivity contribution in [3.63, 3.8) is 0 Å². The summed E-state index contributed by atoms with van der Waals surface area (Å²) in [7, 11) is 2.09. The first kappa shape index (κ1) is 20.5. The Morgan fingerprint density at radius 2 is 1.94 bits per heavy atom. The highest BCUT2D eigenvalue weighted by molar-refractivity contribution is 5.83. The summed E-state index contributed by atoms with van der Waals surface area (Å²) in [5.41, 5.74) is 1.74. The Bertz CT molecular complexity index is 990. The lowest BCUT2D eigenvalue weighted by molar-refractivity contribution is -0.169. The first-order valence-corrected chi connectivity index (χ1v) is 11.4. The molecule has 0 amide bonds. The number of likely N-dealkylation sites (tertiary alicyclic amines) is 1. The van der Waals surface area contributed by atoms with Crippen molar-refractivity contribution >= 4 is 5.78 Å². The monoisotopic (exact) mass is 421 g/mol. The van der Waals surface area contributed by atoms with Crippen LogP contribution in [0.4, 0.5) is 0 Å². The van der Waals surface area contributed by atoms with Crippen molar-refractivity contribution in [1.29, 1.82) is 0 Å². The normalized spacial score (nSPS) is 29.8. The number of likely N-dealkylation sites (N-methyl/N-ethyl adjacent to an activating group) is 1. The van der Waals surface area contributed by atoms with Crippen LogP contribution in [0.5, 0.6) is 11.5 Å². The third-order valence-corrected chi connectivity index (χ3v) is 7.71. The minimum Gasteiger partial charge on any atom is -0.490 e. The van der Waals surface area contributed by atoms with Crippen LogP contribution in [0.25, 0.3) is 0 Å². The molecule has 1 saturated carbocycles. The summed E-state index contributed by atoms with van der Waals surface area (Å²) in [6.07, 6.45) is 2.85. The van der Waals surface area contributed by atoms with Gasteiger partial charge < -0.3 is 19.5 Å². The molecule has 1 saturated heterocycles. The van der Waals surface area contributed by atoms with E-state index in [2.05, 4.69) is 18.0 Å². The van der Waals surface area contributed by atoms with Gasteiger partial charge in [-0.2, -0.15) is 0 Å². The molecule has 2 aromatic carbocycles. The Labute approximate surface area is 184 Å². The minimum atomic E-state index is -0.926. The fraction of sp³-hybridized carbons (Fsp3) is 0.500. The number of ketones is 1. The third kappa shape index (κ3) is 3.09. The van der Waals surface area contributed by atoms with Gasteiger partial charge >= 0.3 is 0 Å². The zero-order valence-corrected chi connectivity index (χ0v) is 18.4. The number of hydrogen-bond donors (Lipinski definition) is 1. The van der Waals surface area contributed by atoms with Crippen LogP contribution < -0.4 is 9.47 Å². The SMILES string of the molecule is CCOc1c(OCc2ccccc2)ccc2c1[C@]13CCN(C)[C@H](C2)[C@]1(O)CCC(=O)C3. The van der Waals surface area contributed by atoms with E-state index in [4.69, 9.17) is 9.47 Å². The van der Waals surface area contributed by atoms with E-state index < -0.39 is 11.0 Å². The predicted molar refractivity (Wildman–Crippen MR) is 119 cm³/mol. The van der Waals surface area contributed by atoms with Gasteiger partial charge in [0.15, 0.2) is 11.5 Å². The van der Waals surface area contributed by atoms with Crippen molar-refractivity contribution in [2.45, 2.75) is 62.7 Å². The fourth-order valence-electron chi connectivity index (χ4n) is 6.22. The molecule has 0 spiro atoms. The second-order valence-electron chi connectivity index (χ2n) is 9.31. The van der Waals surface area contributed by atoms with Gasteiger partial charge in [-0.15, -0.1) is 0 Å². The van der Waals surface area contributed by atoms with Crippen LogP contribution in [0, 0.1) is 0 Å². The van der Waals surface area contributed by atoms with Gasteiger partial charge in [0.25, 0.3) is 0 Å². The van der Waals surface area contributed by atoms with E-state index in [-0.39, 0.29) is 11.8 Å². The summed E-state index contributed by atoms with van der Waals surface area (Å²) in [6.45, 7) is 3.78. The Kier molecular flexibility index (Phi) is 5.06. The molecule has 2 aromatic rings. The van der Waals surface area contributed by atoms with E-state index in [9.17, 15) is 9.90 Å². The third-order valence-electron chi connectivity index (χ3n) is 7.71. The fourth-order valence-corrected chi connectivity index (χ4v) is 6.22. The van der Waals surface area contributed by atoms with E-state index in [1.54, 1.807) is 0 Å². The number of rotatable bonds is 5. The summed E-state index contributed by atoms with van der Waals surface area (Å²) < 4.78 is 12.4. The van der Waals surface area contributed by atoms with E-state index in [0.717, 1.165) is 30.5 Å². The van der Waals surface area contributed by atoms with Crippen molar-refractivity contribution in [2.24, 2.45) is 0 Å². The number of carbonyl (C=O) groups is 1. The lowest BCUT2D eigenvalue weighted by Crippen LogP contribution is -2.72. The van der Waals surface area contributed by atoms with Crippen LogP contribution >= 0.6 is 0 Å². The molecule has 2 aliphatic carbocycles. The molecule has 3 aliphatic rings. The molecule has 164 valence electrons. The molecule has 1 N–H and O–H groups in total. The molecule has 5 rings (SSSR count). The number of ether oxygens (including phenoxy) is 2. The van der Waals surface area contributed by atoms with Crippen LogP contribution in [0.3, 0.4) is 0 Å². The van der Waals surface area contributed by atoms with Gasteiger partial charge in [0.1, 0.15) is 12.4 Å². The van der Waals surface area contributed by atoms with Crippen molar-refractivity contribution in [3.05, 3.63) is 59.2 Å². The molecule has 5 nitrogen and oxygen atoms in total. The highest BCUT2D eigenvalue weighted by Crippen LogP contribution is 2.60. The number of carbonyl (C=O) groups excluding carboxylic acids is 1. The van der Waals surface area contributed by atoms with Gasteiger partial charge in [-0.05, 0) is 57.0 Å². The van der Waals surface area contributed by atoms with Crippen LogP contribution in [0.15, 0.2) is 42.5 Å². The lowest BCUT2D eigenvalue weighted by atomic mass is 9.49. The summed E-state index contributed by atoms with van der Waals surface area (Å²) >= 11 is 0. The molecule has 0 aromatic heterocycles. The number of nitrogens with zero attached hydrogens (tertiary/aromatic N) is 1. The quantitative estimate of drug-likeness (QED) is 0.799. The highest BCUT2D eigenvalue weighted by Gasteiger charge is 2.65. The topological polar surface area (TPSA) is 59.0 Å². The van der Waals surface area contributed by atoms with Crippen molar-refractivity contribution in [3.8, 4) is 11.5 Å². The zero-order valence-electron chi connectivity index (χ0n) is 18.4.